The van der Waals surface area contributed by atoms with Crippen LogP contribution in [0, 0.1) is 17.8 Å². The minimum atomic E-state index is 0.719. The summed E-state index contributed by atoms with van der Waals surface area (Å²) in [6.07, 6.45) is 10.8. The molecular formula is C10H13I. The van der Waals surface area contributed by atoms with Crippen LogP contribution in [-0.4, -0.2) is 3.42 Å². The third kappa shape index (κ3) is 0.758. The van der Waals surface area contributed by atoms with Crippen LogP contribution < -0.4 is 0 Å². The molecule has 2 fully saturated rings. The van der Waals surface area contributed by atoms with Gasteiger partial charge >= 0.3 is 0 Å². The largest absolute Gasteiger partial charge is 0.0879 e. The number of allylic oxidation sites excluding steroid dienone is 2. The van der Waals surface area contributed by atoms with Crippen LogP contribution in [0.4, 0.5) is 0 Å². The summed E-state index contributed by atoms with van der Waals surface area (Å²) in [6.45, 7) is 0. The van der Waals surface area contributed by atoms with Gasteiger partial charge in [-0.2, -0.15) is 0 Å². The normalized spacial score (nSPS) is 58.8. The molecule has 0 N–H and O–H groups in total. The minimum Gasteiger partial charge on any atom is -0.0879 e. The topological polar surface area (TPSA) is 0 Å². The Bertz CT molecular complexity index is 221. The molecule has 2 bridgehead atoms. The highest BCUT2D eigenvalue weighted by molar-refractivity contribution is 14.1. The van der Waals surface area contributed by atoms with E-state index in [2.05, 4.69) is 34.7 Å². The number of fused-ring (bicyclic) bond motifs is 5. The second-order valence-electron chi connectivity index (χ2n) is 4.39. The van der Waals surface area contributed by atoms with Gasteiger partial charge in [-0.05, 0) is 43.4 Å². The van der Waals surface area contributed by atoms with Crippen LogP contribution in [0.2, 0.25) is 0 Å². The zero-order chi connectivity index (χ0) is 7.47. The summed E-state index contributed by atoms with van der Waals surface area (Å²) in [5, 5.41) is 0. The monoisotopic (exact) mass is 260 g/mol. The number of rotatable bonds is 0. The summed E-state index contributed by atoms with van der Waals surface area (Å²) in [4.78, 5) is 0. The number of halogens is 1. The zero-order valence-electron chi connectivity index (χ0n) is 6.59. The predicted molar refractivity (Wildman–Crippen MR) is 54.8 cm³/mol. The summed E-state index contributed by atoms with van der Waals surface area (Å²) < 4.78 is 0.719. The molecule has 0 amide bonds. The van der Waals surface area contributed by atoms with E-state index >= 15 is 0 Å². The molecule has 3 aliphatic carbocycles. The van der Waals surface area contributed by atoms with Crippen LogP contribution in [0.25, 0.3) is 0 Å². The van der Waals surface area contributed by atoms with Gasteiger partial charge in [0.2, 0.25) is 0 Å². The first-order valence-electron chi connectivity index (χ1n) is 4.65. The molecule has 0 aromatic carbocycles. The van der Waals surface area contributed by atoms with Crippen LogP contribution in [0.5, 0.6) is 0 Å². The maximum absolute atomic E-state index is 2.75. The fraction of sp³-hybridized carbons (Fsp3) is 0.800. The van der Waals surface area contributed by atoms with E-state index in [9.17, 15) is 0 Å². The molecule has 0 aromatic rings. The van der Waals surface area contributed by atoms with Crippen molar-refractivity contribution in [2.24, 2.45) is 17.8 Å². The molecule has 60 valence electrons. The van der Waals surface area contributed by atoms with E-state index in [0.29, 0.717) is 0 Å². The molecule has 0 saturated heterocycles. The Labute approximate surface area is 81.6 Å². The second kappa shape index (κ2) is 2.04. The van der Waals surface area contributed by atoms with Crippen molar-refractivity contribution in [2.75, 3.05) is 0 Å². The average Bonchev–Trinajstić information content (AvgIpc) is 2.53. The van der Waals surface area contributed by atoms with Gasteiger partial charge < -0.3 is 0 Å². The minimum absolute atomic E-state index is 0.719. The fourth-order valence-electron chi connectivity index (χ4n) is 3.45. The van der Waals surface area contributed by atoms with Crippen LogP contribution in [-0.2, 0) is 0 Å². The molecule has 3 aliphatic rings. The number of alkyl halides is 1. The lowest BCUT2D eigenvalue weighted by Crippen LogP contribution is -2.27. The number of hydrogen-bond acceptors (Lipinski definition) is 0. The van der Waals surface area contributed by atoms with Crippen molar-refractivity contribution in [1.82, 2.24) is 0 Å². The highest BCUT2D eigenvalue weighted by Gasteiger charge is 2.55. The number of hydrogen-bond donors (Lipinski definition) is 0. The lowest BCUT2D eigenvalue weighted by atomic mass is 9.81. The molecule has 4 unspecified atom stereocenters. The van der Waals surface area contributed by atoms with E-state index in [4.69, 9.17) is 0 Å². The Hall–Kier alpha value is 0.470. The zero-order valence-corrected chi connectivity index (χ0v) is 8.75. The van der Waals surface area contributed by atoms with Crippen LogP contribution >= 0.6 is 22.6 Å². The summed E-state index contributed by atoms with van der Waals surface area (Å²) in [6, 6.07) is 0. The van der Waals surface area contributed by atoms with Gasteiger partial charge in [-0.3, -0.25) is 0 Å². The summed E-state index contributed by atoms with van der Waals surface area (Å²) >= 11 is 2.75. The van der Waals surface area contributed by atoms with Crippen molar-refractivity contribution in [3.63, 3.8) is 0 Å². The van der Waals surface area contributed by atoms with Crippen LogP contribution in [0.3, 0.4) is 0 Å². The molecular weight excluding hydrogens is 247 g/mol. The standard InChI is InChI=1S/C10H13I/c11-10-5-4-7(6-10)8-2-1-3-9(8)10/h1-2,7-9H,3-6H2. The van der Waals surface area contributed by atoms with Gasteiger partial charge in [0.1, 0.15) is 0 Å². The maximum Gasteiger partial charge on any atom is 0.0262 e. The Balaban J connectivity index is 2.02. The first-order valence-corrected chi connectivity index (χ1v) is 5.73. The lowest BCUT2D eigenvalue weighted by molar-refractivity contribution is 0.314. The van der Waals surface area contributed by atoms with E-state index in [1.165, 1.54) is 25.7 Å². The molecule has 0 aromatic heterocycles. The average molecular weight is 260 g/mol. The van der Waals surface area contributed by atoms with E-state index in [-0.39, 0.29) is 0 Å². The third-order valence-corrected chi connectivity index (χ3v) is 5.73. The predicted octanol–water partition coefficient (Wildman–Crippen LogP) is 3.17. The molecule has 0 spiro atoms. The SMILES string of the molecule is IC12CCC(C1)C1C=CCC12. The van der Waals surface area contributed by atoms with E-state index < -0.39 is 0 Å². The molecule has 1 heteroatoms. The van der Waals surface area contributed by atoms with Crippen molar-refractivity contribution in [3.8, 4) is 0 Å². The Kier molecular flexibility index (Phi) is 1.28. The van der Waals surface area contributed by atoms with Gasteiger partial charge in [-0.1, -0.05) is 34.7 Å². The third-order valence-electron chi connectivity index (χ3n) is 3.95. The highest BCUT2D eigenvalue weighted by Crippen LogP contribution is 2.62. The molecule has 3 rings (SSSR count). The summed E-state index contributed by atoms with van der Waals surface area (Å²) in [5.74, 6) is 3.08. The molecule has 0 aliphatic heterocycles. The van der Waals surface area contributed by atoms with E-state index in [0.717, 1.165) is 21.2 Å². The molecule has 0 heterocycles. The van der Waals surface area contributed by atoms with Gasteiger partial charge in [0.25, 0.3) is 0 Å². The first-order chi connectivity index (χ1) is 5.30. The maximum atomic E-state index is 2.75. The molecule has 2 saturated carbocycles. The van der Waals surface area contributed by atoms with Crippen molar-refractivity contribution in [1.29, 1.82) is 0 Å². The van der Waals surface area contributed by atoms with Crippen molar-refractivity contribution in [2.45, 2.75) is 29.1 Å². The Morgan fingerprint density at radius 1 is 1.45 bits per heavy atom. The molecule has 0 radical (unpaired) electrons. The fourth-order valence-corrected chi connectivity index (χ4v) is 4.99. The van der Waals surface area contributed by atoms with Gasteiger partial charge in [-0.15, -0.1) is 0 Å². The Morgan fingerprint density at radius 3 is 3.18 bits per heavy atom. The van der Waals surface area contributed by atoms with E-state index in [1.54, 1.807) is 0 Å². The van der Waals surface area contributed by atoms with Crippen molar-refractivity contribution < 1.29 is 0 Å². The smallest absolute Gasteiger partial charge is 0.0262 e. The molecule has 4 atom stereocenters. The quantitative estimate of drug-likeness (QED) is 0.356. The van der Waals surface area contributed by atoms with Gasteiger partial charge in [0.05, 0.1) is 0 Å². The Morgan fingerprint density at radius 2 is 2.36 bits per heavy atom. The van der Waals surface area contributed by atoms with Crippen molar-refractivity contribution in [3.05, 3.63) is 12.2 Å². The van der Waals surface area contributed by atoms with E-state index in [1.807, 2.05) is 0 Å². The molecule has 0 nitrogen and oxygen atoms in total. The lowest BCUT2D eigenvalue weighted by Gasteiger charge is -2.30. The molecule has 11 heavy (non-hydrogen) atoms. The summed E-state index contributed by atoms with van der Waals surface area (Å²) in [7, 11) is 0. The first kappa shape index (κ1) is 6.93. The second-order valence-corrected chi connectivity index (χ2v) is 6.53. The highest BCUT2D eigenvalue weighted by atomic mass is 127. The van der Waals surface area contributed by atoms with Gasteiger partial charge in [0, 0.05) is 3.42 Å². The van der Waals surface area contributed by atoms with Crippen molar-refractivity contribution >= 4 is 22.6 Å². The van der Waals surface area contributed by atoms with Crippen LogP contribution in [0.1, 0.15) is 25.7 Å². The van der Waals surface area contributed by atoms with Crippen LogP contribution in [0.15, 0.2) is 12.2 Å². The van der Waals surface area contributed by atoms with Gasteiger partial charge in [0.15, 0.2) is 0 Å². The van der Waals surface area contributed by atoms with Gasteiger partial charge in [-0.25, -0.2) is 0 Å². The summed E-state index contributed by atoms with van der Waals surface area (Å²) in [5.41, 5.74) is 0.